The maximum Gasteiger partial charge on any atom is 0.264 e. The Balaban J connectivity index is 1.36. The molecule has 0 saturated carbocycles. The molecule has 2 fully saturated rings. The molecule has 0 unspecified atom stereocenters. The molecule has 2 aliphatic rings. The van der Waals surface area contributed by atoms with Crippen molar-refractivity contribution in [2.75, 3.05) is 44.7 Å². The first-order valence-corrected chi connectivity index (χ1v) is 12.1. The first-order chi connectivity index (χ1) is 15.8. The first kappa shape index (κ1) is 23.7. The molecule has 0 spiro atoms. The van der Waals surface area contributed by atoms with E-state index in [1.807, 2.05) is 11.8 Å². The van der Waals surface area contributed by atoms with Crippen LogP contribution in [0.3, 0.4) is 0 Å². The van der Waals surface area contributed by atoms with Crippen LogP contribution in [0.15, 0.2) is 24.3 Å². The summed E-state index contributed by atoms with van der Waals surface area (Å²) in [5.74, 6) is -1.00. The zero-order chi connectivity index (χ0) is 23.5. The van der Waals surface area contributed by atoms with E-state index in [2.05, 4.69) is 5.32 Å². The zero-order valence-corrected chi connectivity index (χ0v) is 19.8. The highest BCUT2D eigenvalue weighted by Crippen LogP contribution is 2.30. The summed E-state index contributed by atoms with van der Waals surface area (Å²) in [6.45, 7) is 5.26. The van der Waals surface area contributed by atoms with Gasteiger partial charge >= 0.3 is 0 Å². The van der Waals surface area contributed by atoms with Gasteiger partial charge in [0.25, 0.3) is 11.8 Å². The Kier molecular flexibility index (Phi) is 7.31. The zero-order valence-electron chi connectivity index (χ0n) is 18.2. The average molecular weight is 494 g/mol. The molecule has 2 aliphatic heterocycles. The summed E-state index contributed by atoms with van der Waals surface area (Å²) in [6.07, 6.45) is 1.28. The SMILES string of the molecule is Cc1cc(NC(=O)c2ccc(F)cc2Cl)sc1C(=O)N1CCC(C(=O)N2CCOCC2)CC1. The highest BCUT2D eigenvalue weighted by Gasteiger charge is 2.32. The third kappa shape index (κ3) is 5.37. The molecular weight excluding hydrogens is 469 g/mol. The van der Waals surface area contributed by atoms with Crippen LogP contribution in [0.4, 0.5) is 9.39 Å². The van der Waals surface area contributed by atoms with E-state index in [4.69, 9.17) is 16.3 Å². The maximum atomic E-state index is 13.2. The van der Waals surface area contributed by atoms with Gasteiger partial charge in [0.2, 0.25) is 5.91 Å². The molecule has 10 heteroatoms. The van der Waals surface area contributed by atoms with Gasteiger partial charge in [-0.15, -0.1) is 11.3 Å². The van der Waals surface area contributed by atoms with Gasteiger partial charge in [0, 0.05) is 32.1 Å². The standard InChI is InChI=1S/C23H25ClFN3O4S/c1-14-12-19(26-21(29)17-3-2-16(25)13-18(17)24)33-20(14)23(31)27-6-4-15(5-7-27)22(30)28-8-10-32-11-9-28/h2-3,12-13,15H,4-11H2,1H3,(H,26,29). The summed E-state index contributed by atoms with van der Waals surface area (Å²) in [5.41, 5.74) is 0.918. The number of piperidine rings is 1. The highest BCUT2D eigenvalue weighted by molar-refractivity contribution is 7.18. The van der Waals surface area contributed by atoms with E-state index in [1.54, 1.807) is 11.0 Å². The van der Waals surface area contributed by atoms with Crippen LogP contribution in [0.1, 0.15) is 38.4 Å². The van der Waals surface area contributed by atoms with E-state index in [1.165, 1.54) is 23.5 Å². The largest absolute Gasteiger partial charge is 0.378 e. The second-order valence-electron chi connectivity index (χ2n) is 8.21. The number of benzene rings is 1. The molecule has 3 heterocycles. The predicted molar refractivity (Wildman–Crippen MR) is 124 cm³/mol. The Morgan fingerprint density at radius 3 is 2.45 bits per heavy atom. The smallest absolute Gasteiger partial charge is 0.264 e. The third-order valence-corrected chi connectivity index (χ3v) is 7.43. The number of rotatable bonds is 4. The van der Waals surface area contributed by atoms with Gasteiger partial charge < -0.3 is 19.9 Å². The minimum absolute atomic E-state index is 0.0200. The molecule has 1 N–H and O–H groups in total. The number of morpholine rings is 1. The van der Waals surface area contributed by atoms with Crippen molar-refractivity contribution in [3.8, 4) is 0 Å². The number of hydrogen-bond donors (Lipinski definition) is 1. The number of carbonyl (C=O) groups excluding carboxylic acids is 3. The fourth-order valence-electron chi connectivity index (χ4n) is 4.12. The van der Waals surface area contributed by atoms with Gasteiger partial charge in [-0.3, -0.25) is 14.4 Å². The number of ether oxygens (including phenoxy) is 1. The monoisotopic (exact) mass is 493 g/mol. The van der Waals surface area contributed by atoms with Gasteiger partial charge in [0.15, 0.2) is 0 Å². The molecule has 1 aromatic carbocycles. The van der Waals surface area contributed by atoms with Crippen molar-refractivity contribution >= 4 is 45.7 Å². The quantitative estimate of drug-likeness (QED) is 0.702. The second-order valence-corrected chi connectivity index (χ2v) is 9.66. The van der Waals surface area contributed by atoms with Gasteiger partial charge in [-0.2, -0.15) is 0 Å². The molecule has 3 amide bonds. The molecule has 0 aliphatic carbocycles. The van der Waals surface area contributed by atoms with Crippen molar-refractivity contribution in [3.05, 3.63) is 51.1 Å². The van der Waals surface area contributed by atoms with Crippen LogP contribution in [0.2, 0.25) is 5.02 Å². The number of amides is 3. The summed E-state index contributed by atoms with van der Waals surface area (Å²) in [6, 6.07) is 5.31. The molecule has 33 heavy (non-hydrogen) atoms. The van der Waals surface area contributed by atoms with Crippen molar-refractivity contribution in [1.82, 2.24) is 9.80 Å². The normalized spacial score (nSPS) is 17.2. The van der Waals surface area contributed by atoms with Gasteiger partial charge in [-0.05, 0) is 49.6 Å². The minimum Gasteiger partial charge on any atom is -0.378 e. The molecule has 1 aromatic heterocycles. The lowest BCUT2D eigenvalue weighted by molar-refractivity contribution is -0.141. The number of hydrogen-bond acceptors (Lipinski definition) is 5. The summed E-state index contributed by atoms with van der Waals surface area (Å²) < 4.78 is 18.6. The first-order valence-electron chi connectivity index (χ1n) is 10.9. The molecule has 0 atom stereocenters. The molecule has 4 rings (SSSR count). The average Bonchev–Trinajstić information content (AvgIpc) is 3.18. The fraction of sp³-hybridized carbons (Fsp3) is 0.435. The molecule has 2 aromatic rings. The van der Waals surface area contributed by atoms with Gasteiger partial charge in [0.05, 0.1) is 33.7 Å². The summed E-state index contributed by atoms with van der Waals surface area (Å²) >= 11 is 7.16. The Morgan fingerprint density at radius 1 is 1.09 bits per heavy atom. The number of halogens is 2. The van der Waals surface area contributed by atoms with Crippen molar-refractivity contribution in [2.45, 2.75) is 19.8 Å². The second kappa shape index (κ2) is 10.2. The lowest BCUT2D eigenvalue weighted by Gasteiger charge is -2.35. The van der Waals surface area contributed by atoms with Gasteiger partial charge in [0.1, 0.15) is 5.82 Å². The number of carbonyl (C=O) groups is 3. The summed E-state index contributed by atoms with van der Waals surface area (Å²) in [4.78, 5) is 42.5. The fourth-order valence-corrected chi connectivity index (χ4v) is 5.41. The molecule has 0 bridgehead atoms. The number of anilines is 1. The van der Waals surface area contributed by atoms with E-state index in [-0.39, 0.29) is 28.3 Å². The third-order valence-electron chi connectivity index (χ3n) is 5.98. The molecule has 2 saturated heterocycles. The summed E-state index contributed by atoms with van der Waals surface area (Å²) in [7, 11) is 0. The lowest BCUT2D eigenvalue weighted by atomic mass is 9.95. The van der Waals surface area contributed by atoms with E-state index in [0.29, 0.717) is 62.1 Å². The topological polar surface area (TPSA) is 79.0 Å². The van der Waals surface area contributed by atoms with Crippen molar-refractivity contribution < 1.29 is 23.5 Å². The van der Waals surface area contributed by atoms with Gasteiger partial charge in [-0.1, -0.05) is 11.6 Å². The van der Waals surface area contributed by atoms with Crippen LogP contribution in [0, 0.1) is 18.7 Å². The Hall–Kier alpha value is -2.49. The predicted octanol–water partition coefficient (Wildman–Crippen LogP) is 3.81. The highest BCUT2D eigenvalue weighted by atomic mass is 35.5. The van der Waals surface area contributed by atoms with E-state index in [0.717, 1.165) is 11.6 Å². The number of thiophene rings is 1. The van der Waals surface area contributed by atoms with Crippen LogP contribution in [-0.2, 0) is 9.53 Å². The Labute approximate surface area is 200 Å². The van der Waals surface area contributed by atoms with Crippen LogP contribution in [0.25, 0.3) is 0 Å². The van der Waals surface area contributed by atoms with Crippen LogP contribution < -0.4 is 5.32 Å². The number of nitrogens with zero attached hydrogens (tertiary/aromatic N) is 2. The molecule has 176 valence electrons. The number of nitrogens with one attached hydrogen (secondary N) is 1. The van der Waals surface area contributed by atoms with Crippen molar-refractivity contribution in [3.63, 3.8) is 0 Å². The van der Waals surface area contributed by atoms with Gasteiger partial charge in [-0.25, -0.2) is 4.39 Å². The molecule has 7 nitrogen and oxygen atoms in total. The lowest BCUT2D eigenvalue weighted by Crippen LogP contribution is -2.47. The van der Waals surface area contributed by atoms with E-state index >= 15 is 0 Å². The minimum atomic E-state index is -0.521. The van der Waals surface area contributed by atoms with Crippen LogP contribution in [-0.4, -0.2) is 66.9 Å². The van der Waals surface area contributed by atoms with E-state index < -0.39 is 11.7 Å². The number of aryl methyl sites for hydroxylation is 1. The van der Waals surface area contributed by atoms with Crippen molar-refractivity contribution in [2.24, 2.45) is 5.92 Å². The molecular formula is C23H25ClFN3O4S. The Morgan fingerprint density at radius 2 is 1.79 bits per heavy atom. The Bertz CT molecular complexity index is 1060. The number of likely N-dealkylation sites (tertiary alicyclic amines) is 1. The van der Waals surface area contributed by atoms with Crippen molar-refractivity contribution in [1.29, 1.82) is 0 Å². The van der Waals surface area contributed by atoms with Crippen LogP contribution in [0.5, 0.6) is 0 Å². The maximum absolute atomic E-state index is 13.2. The molecule has 0 radical (unpaired) electrons. The van der Waals surface area contributed by atoms with E-state index in [9.17, 15) is 18.8 Å². The van der Waals surface area contributed by atoms with Crippen LogP contribution >= 0.6 is 22.9 Å². The summed E-state index contributed by atoms with van der Waals surface area (Å²) in [5, 5.41) is 3.27.